The maximum Gasteiger partial charge on any atom is 0.330 e. The average molecular weight is 359 g/mol. The van der Waals surface area contributed by atoms with E-state index in [2.05, 4.69) is 10.3 Å². The van der Waals surface area contributed by atoms with Crippen molar-refractivity contribution >= 4 is 23.5 Å². The van der Waals surface area contributed by atoms with Crippen LogP contribution in [0.25, 0.3) is 0 Å². The number of aromatic nitrogens is 2. The van der Waals surface area contributed by atoms with E-state index in [9.17, 15) is 14.4 Å². The van der Waals surface area contributed by atoms with Crippen molar-refractivity contribution in [1.82, 2.24) is 9.55 Å². The molecular formula is C18H21N3O3S. The van der Waals surface area contributed by atoms with Crippen LogP contribution in [0.5, 0.6) is 0 Å². The van der Waals surface area contributed by atoms with E-state index in [-0.39, 0.29) is 17.7 Å². The van der Waals surface area contributed by atoms with Crippen LogP contribution in [0.4, 0.5) is 5.82 Å². The Morgan fingerprint density at radius 2 is 1.88 bits per heavy atom. The molecule has 132 valence electrons. The molecule has 2 aromatic rings. The van der Waals surface area contributed by atoms with Crippen molar-refractivity contribution in [2.24, 2.45) is 0 Å². The molecule has 0 spiro atoms. The Hall–Kier alpha value is -2.28. The van der Waals surface area contributed by atoms with Crippen LogP contribution in [0.15, 0.2) is 50.9 Å². The van der Waals surface area contributed by atoms with Gasteiger partial charge in [-0.2, -0.15) is 0 Å². The fraction of sp³-hybridized carbons (Fsp3) is 0.389. The summed E-state index contributed by atoms with van der Waals surface area (Å²) >= 11 is 1.41. The molecule has 1 amide bonds. The molecule has 1 aromatic carbocycles. The number of anilines is 1. The summed E-state index contributed by atoms with van der Waals surface area (Å²) in [5.74, 6) is 0.276. The normalized spacial score (nSPS) is 15.0. The van der Waals surface area contributed by atoms with E-state index < -0.39 is 11.2 Å². The summed E-state index contributed by atoms with van der Waals surface area (Å²) in [6, 6.07) is 10.9. The predicted octanol–water partition coefficient (Wildman–Crippen LogP) is 2.77. The van der Waals surface area contributed by atoms with Gasteiger partial charge in [-0.25, -0.2) is 4.79 Å². The van der Waals surface area contributed by atoms with Crippen molar-refractivity contribution in [3.05, 3.63) is 57.2 Å². The topological polar surface area (TPSA) is 84.0 Å². The zero-order chi connectivity index (χ0) is 17.6. The number of hydrogen-bond donors (Lipinski definition) is 2. The quantitative estimate of drug-likeness (QED) is 0.804. The maximum absolute atomic E-state index is 12.3. The van der Waals surface area contributed by atoms with Gasteiger partial charge in [-0.15, -0.1) is 11.8 Å². The highest BCUT2D eigenvalue weighted by molar-refractivity contribution is 8.00. The number of aromatic amines is 1. The highest BCUT2D eigenvalue weighted by atomic mass is 32.2. The van der Waals surface area contributed by atoms with Crippen LogP contribution >= 0.6 is 11.8 Å². The number of hydrogen-bond acceptors (Lipinski definition) is 4. The highest BCUT2D eigenvalue weighted by Crippen LogP contribution is 2.28. The molecule has 0 aliphatic heterocycles. The molecule has 0 bridgehead atoms. The fourth-order valence-electron chi connectivity index (χ4n) is 3.15. The van der Waals surface area contributed by atoms with E-state index in [4.69, 9.17) is 0 Å². The van der Waals surface area contributed by atoms with E-state index in [1.165, 1.54) is 22.4 Å². The molecular weight excluding hydrogens is 338 g/mol. The summed E-state index contributed by atoms with van der Waals surface area (Å²) in [5, 5.41) is 2.74. The molecule has 6 nitrogen and oxygen atoms in total. The Bertz CT molecular complexity index is 839. The molecule has 1 aliphatic rings. The van der Waals surface area contributed by atoms with Crippen LogP contribution in [0.3, 0.4) is 0 Å². The lowest BCUT2D eigenvalue weighted by atomic mass is 9.95. The van der Waals surface area contributed by atoms with Gasteiger partial charge in [-0.1, -0.05) is 37.5 Å². The first-order chi connectivity index (χ1) is 12.1. The monoisotopic (exact) mass is 359 g/mol. The van der Waals surface area contributed by atoms with E-state index in [0.29, 0.717) is 5.82 Å². The van der Waals surface area contributed by atoms with E-state index in [0.717, 1.165) is 37.0 Å². The first-order valence-electron chi connectivity index (χ1n) is 8.47. The van der Waals surface area contributed by atoms with Gasteiger partial charge in [0.25, 0.3) is 5.56 Å². The summed E-state index contributed by atoms with van der Waals surface area (Å²) in [6.07, 6.45) is 5.02. The number of H-pyrrole nitrogens is 1. The molecule has 0 saturated heterocycles. The van der Waals surface area contributed by atoms with Gasteiger partial charge in [0, 0.05) is 17.0 Å². The standard InChI is InChI=1S/C18H21N3O3S/c22-16-11-15(19-17(23)12-25-14-9-5-2-6-10-14)21(18(24)20-16)13-7-3-1-4-8-13/h2,5-6,9-11,13H,1,3-4,7-8,12H2,(H,19,23)(H,20,22,24). The van der Waals surface area contributed by atoms with Gasteiger partial charge >= 0.3 is 5.69 Å². The first-order valence-corrected chi connectivity index (χ1v) is 9.45. The van der Waals surface area contributed by atoms with Crippen molar-refractivity contribution < 1.29 is 4.79 Å². The summed E-state index contributed by atoms with van der Waals surface area (Å²) in [7, 11) is 0. The van der Waals surface area contributed by atoms with Gasteiger partial charge in [0.15, 0.2) is 0 Å². The van der Waals surface area contributed by atoms with Crippen LogP contribution in [0.2, 0.25) is 0 Å². The number of benzene rings is 1. The number of nitrogens with one attached hydrogen (secondary N) is 2. The number of rotatable bonds is 5. The number of amides is 1. The Morgan fingerprint density at radius 3 is 2.60 bits per heavy atom. The lowest BCUT2D eigenvalue weighted by Crippen LogP contribution is -2.36. The Balaban J connectivity index is 1.75. The number of carbonyl (C=O) groups is 1. The highest BCUT2D eigenvalue weighted by Gasteiger charge is 2.20. The summed E-state index contributed by atoms with van der Waals surface area (Å²) < 4.78 is 1.53. The third-order valence-electron chi connectivity index (χ3n) is 4.30. The second-order valence-corrected chi connectivity index (χ2v) is 7.18. The molecule has 1 aliphatic carbocycles. The predicted molar refractivity (Wildman–Crippen MR) is 99.2 cm³/mol. The Labute approximate surface area is 149 Å². The van der Waals surface area contributed by atoms with Crippen molar-refractivity contribution in [1.29, 1.82) is 0 Å². The second-order valence-electron chi connectivity index (χ2n) is 6.14. The molecule has 7 heteroatoms. The molecule has 25 heavy (non-hydrogen) atoms. The average Bonchev–Trinajstić information content (AvgIpc) is 2.61. The van der Waals surface area contributed by atoms with Gasteiger partial charge in [0.1, 0.15) is 5.82 Å². The van der Waals surface area contributed by atoms with Gasteiger partial charge in [0.05, 0.1) is 5.75 Å². The largest absolute Gasteiger partial charge is 0.330 e. The molecule has 1 fully saturated rings. The van der Waals surface area contributed by atoms with Crippen molar-refractivity contribution in [3.8, 4) is 0 Å². The SMILES string of the molecule is O=C(CSc1ccccc1)Nc1cc(=O)[nH]c(=O)n1C1CCCCC1. The fourth-order valence-corrected chi connectivity index (χ4v) is 3.87. The molecule has 0 atom stereocenters. The zero-order valence-corrected chi connectivity index (χ0v) is 14.7. The van der Waals surface area contributed by atoms with Crippen molar-refractivity contribution in [2.75, 3.05) is 11.1 Å². The second kappa shape index (κ2) is 8.20. The third-order valence-corrected chi connectivity index (χ3v) is 5.31. The maximum atomic E-state index is 12.3. The van der Waals surface area contributed by atoms with Crippen molar-refractivity contribution in [2.45, 2.75) is 43.0 Å². The Morgan fingerprint density at radius 1 is 1.16 bits per heavy atom. The van der Waals surface area contributed by atoms with Crippen molar-refractivity contribution in [3.63, 3.8) is 0 Å². The molecule has 2 N–H and O–H groups in total. The number of carbonyl (C=O) groups excluding carboxylic acids is 1. The molecule has 0 unspecified atom stereocenters. The van der Waals surface area contributed by atoms with Crippen LogP contribution in [-0.4, -0.2) is 21.2 Å². The zero-order valence-electron chi connectivity index (χ0n) is 13.9. The minimum atomic E-state index is -0.497. The molecule has 0 radical (unpaired) electrons. The van der Waals surface area contributed by atoms with Gasteiger partial charge in [-0.3, -0.25) is 19.1 Å². The number of thioether (sulfide) groups is 1. The smallest absolute Gasteiger partial charge is 0.311 e. The molecule has 3 rings (SSSR count). The minimum Gasteiger partial charge on any atom is -0.311 e. The lowest BCUT2D eigenvalue weighted by molar-refractivity contribution is -0.113. The molecule has 1 heterocycles. The van der Waals surface area contributed by atoms with Crippen LogP contribution < -0.4 is 16.6 Å². The van der Waals surface area contributed by atoms with E-state index >= 15 is 0 Å². The van der Waals surface area contributed by atoms with E-state index in [1.807, 2.05) is 30.3 Å². The minimum absolute atomic E-state index is 0.0233. The number of nitrogens with zero attached hydrogens (tertiary/aromatic N) is 1. The lowest BCUT2D eigenvalue weighted by Gasteiger charge is -2.26. The first kappa shape index (κ1) is 17.5. The molecule has 1 saturated carbocycles. The molecule has 1 aromatic heterocycles. The van der Waals surface area contributed by atoms with Crippen LogP contribution in [0, 0.1) is 0 Å². The van der Waals surface area contributed by atoms with Gasteiger partial charge in [-0.05, 0) is 25.0 Å². The van der Waals surface area contributed by atoms with Crippen LogP contribution in [0.1, 0.15) is 38.1 Å². The van der Waals surface area contributed by atoms with Crippen LogP contribution in [-0.2, 0) is 4.79 Å². The van der Waals surface area contributed by atoms with Gasteiger partial charge < -0.3 is 5.32 Å². The summed E-state index contributed by atoms with van der Waals surface area (Å²) in [4.78, 5) is 39.5. The summed E-state index contributed by atoms with van der Waals surface area (Å²) in [5.41, 5.74) is -0.950. The van der Waals surface area contributed by atoms with E-state index in [1.54, 1.807) is 0 Å². The summed E-state index contributed by atoms with van der Waals surface area (Å²) in [6.45, 7) is 0. The Kier molecular flexibility index (Phi) is 5.75. The third kappa shape index (κ3) is 4.63. The van der Waals surface area contributed by atoms with Gasteiger partial charge in [0.2, 0.25) is 5.91 Å².